The van der Waals surface area contributed by atoms with Crippen molar-refractivity contribution in [1.82, 2.24) is 9.97 Å². The number of hydrogen-bond acceptors (Lipinski definition) is 6. The second-order valence-electron chi connectivity index (χ2n) is 7.36. The minimum atomic E-state index is -3.61. The van der Waals surface area contributed by atoms with Crippen LogP contribution in [0.25, 0.3) is 10.9 Å². The molecule has 168 valence electrons. The molecular formula is C24H20ClN3O4S. The molecule has 2 aromatic heterocycles. The lowest BCUT2D eigenvalue weighted by molar-refractivity contribution is 0.0984. The van der Waals surface area contributed by atoms with Gasteiger partial charge < -0.3 is 9.64 Å². The molecule has 0 aliphatic rings. The number of rotatable bonds is 6. The Morgan fingerprint density at radius 2 is 1.88 bits per heavy atom. The smallest absolute Gasteiger partial charge is 0.260 e. The molecule has 0 aliphatic heterocycles. The number of halogens is 1. The van der Waals surface area contributed by atoms with Gasteiger partial charge >= 0.3 is 0 Å². The minimum Gasteiger partial charge on any atom is -0.496 e. The summed E-state index contributed by atoms with van der Waals surface area (Å²) in [5.74, 6) is 0.132. The van der Waals surface area contributed by atoms with Crippen LogP contribution < -0.4 is 9.64 Å². The van der Waals surface area contributed by atoms with Gasteiger partial charge in [0.1, 0.15) is 10.9 Å². The highest BCUT2D eigenvalue weighted by Crippen LogP contribution is 2.32. The Labute approximate surface area is 196 Å². The van der Waals surface area contributed by atoms with Crippen molar-refractivity contribution in [1.29, 1.82) is 0 Å². The lowest BCUT2D eigenvalue weighted by atomic mass is 10.1. The standard InChI is InChI=1S/C24H20ClN3O4S/c1-32-21-13-16-9-10-23(25)27-19(16)12-18(21)15-28(24(29)17-6-5-11-26-14-17)20-7-3-4-8-22(20)33(2,30)31/h3-14H,15H2,1-2H3. The molecule has 0 spiro atoms. The number of anilines is 1. The number of methoxy groups -OCH3 is 1. The molecule has 0 fully saturated rings. The highest BCUT2D eigenvalue weighted by Gasteiger charge is 2.25. The molecular weight excluding hydrogens is 462 g/mol. The summed E-state index contributed by atoms with van der Waals surface area (Å²) in [5.41, 5.74) is 1.85. The van der Waals surface area contributed by atoms with Crippen LogP contribution in [0, 0.1) is 0 Å². The molecule has 0 N–H and O–H groups in total. The van der Waals surface area contributed by atoms with Gasteiger partial charge in [-0.25, -0.2) is 13.4 Å². The summed E-state index contributed by atoms with van der Waals surface area (Å²) >= 11 is 6.07. The van der Waals surface area contributed by atoms with E-state index < -0.39 is 15.7 Å². The van der Waals surface area contributed by atoms with Crippen LogP contribution in [-0.2, 0) is 16.4 Å². The Morgan fingerprint density at radius 3 is 2.58 bits per heavy atom. The number of hydrogen-bond donors (Lipinski definition) is 0. The number of nitrogens with zero attached hydrogens (tertiary/aromatic N) is 3. The minimum absolute atomic E-state index is 0.0353. The molecule has 7 nitrogen and oxygen atoms in total. The van der Waals surface area contributed by atoms with Crippen LogP contribution in [0.3, 0.4) is 0 Å². The number of sulfone groups is 1. The van der Waals surface area contributed by atoms with Crippen LogP contribution >= 0.6 is 11.6 Å². The second kappa shape index (κ2) is 9.17. The van der Waals surface area contributed by atoms with Crippen LogP contribution in [0.15, 0.2) is 78.0 Å². The van der Waals surface area contributed by atoms with Gasteiger partial charge in [-0.3, -0.25) is 9.78 Å². The quantitative estimate of drug-likeness (QED) is 0.375. The highest BCUT2D eigenvalue weighted by molar-refractivity contribution is 7.90. The van der Waals surface area contributed by atoms with Crippen LogP contribution in [0.5, 0.6) is 5.75 Å². The summed E-state index contributed by atoms with van der Waals surface area (Å²) in [4.78, 5) is 23.4. The molecule has 0 unspecified atom stereocenters. The lowest BCUT2D eigenvalue weighted by Crippen LogP contribution is -2.32. The van der Waals surface area contributed by atoms with Gasteiger partial charge in [0.05, 0.1) is 35.3 Å². The zero-order valence-corrected chi connectivity index (χ0v) is 19.5. The molecule has 0 bridgehead atoms. The first-order valence-electron chi connectivity index (χ1n) is 9.92. The first-order valence-corrected chi connectivity index (χ1v) is 12.2. The van der Waals surface area contributed by atoms with E-state index in [1.54, 1.807) is 48.7 Å². The van der Waals surface area contributed by atoms with Gasteiger partial charge in [0, 0.05) is 29.6 Å². The molecule has 1 amide bonds. The van der Waals surface area contributed by atoms with Gasteiger partial charge in [0.25, 0.3) is 5.91 Å². The monoisotopic (exact) mass is 481 g/mol. The van der Waals surface area contributed by atoms with E-state index in [2.05, 4.69) is 9.97 Å². The third-order valence-electron chi connectivity index (χ3n) is 5.10. The van der Waals surface area contributed by atoms with E-state index in [0.29, 0.717) is 27.5 Å². The first kappa shape index (κ1) is 22.7. The van der Waals surface area contributed by atoms with Crippen molar-refractivity contribution in [3.05, 3.63) is 89.3 Å². The largest absolute Gasteiger partial charge is 0.496 e. The fraction of sp³-hybridized carbons (Fsp3) is 0.125. The third-order valence-corrected chi connectivity index (χ3v) is 6.45. The van der Waals surface area contributed by atoms with Gasteiger partial charge in [-0.05, 0) is 48.5 Å². The number of amides is 1. The SMILES string of the molecule is COc1cc2ccc(Cl)nc2cc1CN(C(=O)c1cccnc1)c1ccccc1S(C)(=O)=O. The number of carbonyl (C=O) groups excluding carboxylic acids is 1. The Balaban J connectivity index is 1.89. The van der Waals surface area contributed by atoms with E-state index in [1.807, 2.05) is 12.1 Å². The summed E-state index contributed by atoms with van der Waals surface area (Å²) in [6.07, 6.45) is 4.12. The summed E-state index contributed by atoms with van der Waals surface area (Å²) in [5, 5.41) is 1.16. The van der Waals surface area contributed by atoms with Gasteiger partial charge in [-0.2, -0.15) is 0 Å². The Hall–Kier alpha value is -3.49. The maximum Gasteiger partial charge on any atom is 0.260 e. The Bertz CT molecular complexity index is 1440. The number of para-hydroxylation sites is 1. The summed E-state index contributed by atoms with van der Waals surface area (Å²) in [6, 6.07) is 16.8. The fourth-order valence-electron chi connectivity index (χ4n) is 3.56. The van der Waals surface area contributed by atoms with Crippen molar-refractivity contribution in [2.24, 2.45) is 0 Å². The van der Waals surface area contributed by atoms with Crippen LogP contribution in [0.1, 0.15) is 15.9 Å². The number of benzene rings is 2. The molecule has 33 heavy (non-hydrogen) atoms. The average molecular weight is 482 g/mol. The van der Waals surface area contributed by atoms with Crippen molar-refractivity contribution in [2.75, 3.05) is 18.3 Å². The van der Waals surface area contributed by atoms with E-state index in [0.717, 1.165) is 11.6 Å². The van der Waals surface area contributed by atoms with E-state index in [1.165, 1.54) is 24.3 Å². The molecule has 4 aromatic rings. The summed E-state index contributed by atoms with van der Waals surface area (Å²) in [6.45, 7) is 0.0353. The predicted molar refractivity (Wildman–Crippen MR) is 128 cm³/mol. The molecule has 0 radical (unpaired) electrons. The van der Waals surface area contributed by atoms with E-state index in [-0.39, 0.29) is 17.1 Å². The van der Waals surface area contributed by atoms with Gasteiger partial charge in [0.2, 0.25) is 0 Å². The van der Waals surface area contributed by atoms with Crippen molar-refractivity contribution < 1.29 is 17.9 Å². The van der Waals surface area contributed by atoms with Gasteiger partial charge in [-0.15, -0.1) is 0 Å². The molecule has 0 aliphatic carbocycles. The van der Waals surface area contributed by atoms with Gasteiger partial charge in [-0.1, -0.05) is 23.7 Å². The number of carbonyl (C=O) groups is 1. The number of aromatic nitrogens is 2. The summed E-state index contributed by atoms with van der Waals surface area (Å²) < 4.78 is 30.6. The predicted octanol–water partition coefficient (Wildman–Crippen LogP) is 4.54. The first-order chi connectivity index (χ1) is 15.8. The molecule has 2 aromatic carbocycles. The van der Waals surface area contributed by atoms with Crippen molar-refractivity contribution >= 4 is 43.9 Å². The van der Waals surface area contributed by atoms with E-state index >= 15 is 0 Å². The van der Waals surface area contributed by atoms with Crippen LogP contribution in [-0.4, -0.2) is 37.7 Å². The second-order valence-corrected chi connectivity index (χ2v) is 9.74. The van der Waals surface area contributed by atoms with Crippen molar-refractivity contribution in [3.8, 4) is 5.75 Å². The maximum atomic E-state index is 13.6. The fourth-order valence-corrected chi connectivity index (χ4v) is 4.60. The highest BCUT2D eigenvalue weighted by atomic mass is 35.5. The molecule has 0 saturated carbocycles. The zero-order valence-electron chi connectivity index (χ0n) is 17.9. The van der Waals surface area contributed by atoms with Crippen LogP contribution in [0.2, 0.25) is 5.15 Å². The molecule has 4 rings (SSSR count). The maximum absolute atomic E-state index is 13.6. The topological polar surface area (TPSA) is 89.5 Å². The normalized spacial score (nSPS) is 11.4. The number of ether oxygens (including phenoxy) is 1. The van der Waals surface area contributed by atoms with Gasteiger partial charge in [0.15, 0.2) is 9.84 Å². The van der Waals surface area contributed by atoms with E-state index in [4.69, 9.17) is 16.3 Å². The Kier molecular flexibility index (Phi) is 6.31. The van der Waals surface area contributed by atoms with Crippen LogP contribution in [0.4, 0.5) is 5.69 Å². The third kappa shape index (κ3) is 4.81. The lowest BCUT2D eigenvalue weighted by Gasteiger charge is -2.26. The molecule has 0 saturated heterocycles. The number of fused-ring (bicyclic) bond motifs is 1. The summed E-state index contributed by atoms with van der Waals surface area (Å²) in [7, 11) is -2.08. The zero-order chi connectivity index (χ0) is 23.6. The Morgan fingerprint density at radius 1 is 1.09 bits per heavy atom. The molecule has 2 heterocycles. The molecule has 0 atom stereocenters. The number of pyridine rings is 2. The van der Waals surface area contributed by atoms with E-state index in [9.17, 15) is 13.2 Å². The van der Waals surface area contributed by atoms with Crippen molar-refractivity contribution in [3.63, 3.8) is 0 Å². The average Bonchev–Trinajstić information content (AvgIpc) is 2.81. The van der Waals surface area contributed by atoms with Crippen molar-refractivity contribution in [2.45, 2.75) is 11.4 Å². The molecule has 9 heteroatoms.